The lowest BCUT2D eigenvalue weighted by Crippen LogP contribution is -2.57. The Morgan fingerprint density at radius 3 is 2.09 bits per heavy atom. The fourth-order valence-corrected chi connectivity index (χ4v) is 6.03. The number of hydrogen-bond acceptors (Lipinski definition) is 4. The Morgan fingerprint density at radius 1 is 0.969 bits per heavy atom. The first-order chi connectivity index (χ1) is 15.3. The number of urea groups is 1. The first-order valence-corrected chi connectivity index (χ1v) is 11.9. The van der Waals surface area contributed by atoms with E-state index in [0.717, 1.165) is 5.56 Å². The molecule has 32 heavy (non-hydrogen) atoms. The predicted octanol–water partition coefficient (Wildman–Crippen LogP) is 1.93. The van der Waals surface area contributed by atoms with E-state index in [4.69, 9.17) is 0 Å². The molecule has 1 heterocycles. The van der Waals surface area contributed by atoms with E-state index in [2.05, 4.69) is 10.0 Å². The zero-order chi connectivity index (χ0) is 22.9. The number of rotatable bonds is 6. The number of nitrogens with zero attached hydrogens (tertiary/aromatic N) is 2. The molecule has 10 heteroatoms. The van der Waals surface area contributed by atoms with Gasteiger partial charge in [-0.1, -0.05) is 55.5 Å². The number of benzene rings is 2. The number of nitrogens with one attached hydrogen (secondary N) is 2. The Kier molecular flexibility index (Phi) is 5.93. The maximum atomic E-state index is 13.1. The quantitative estimate of drug-likeness (QED) is 0.611. The molecule has 170 valence electrons. The van der Waals surface area contributed by atoms with Gasteiger partial charge in [-0.2, -0.15) is 17.4 Å². The molecular formula is C22H26N4O5S. The molecular weight excluding hydrogens is 432 g/mol. The molecule has 3 atom stereocenters. The second-order valence-electron chi connectivity index (χ2n) is 8.14. The van der Waals surface area contributed by atoms with Gasteiger partial charge < -0.3 is 15.3 Å². The van der Waals surface area contributed by atoms with Crippen LogP contribution in [0.15, 0.2) is 60.7 Å². The molecule has 1 aliphatic carbocycles. The van der Waals surface area contributed by atoms with Crippen molar-refractivity contribution < 1.29 is 23.1 Å². The molecule has 3 N–H and O–H groups in total. The van der Waals surface area contributed by atoms with Gasteiger partial charge in [-0.15, -0.1) is 0 Å². The number of carboxylic acids is 1. The van der Waals surface area contributed by atoms with Crippen molar-refractivity contribution in [3.05, 3.63) is 66.2 Å². The second-order valence-corrected chi connectivity index (χ2v) is 9.81. The van der Waals surface area contributed by atoms with Gasteiger partial charge in [-0.05, 0) is 23.6 Å². The van der Waals surface area contributed by atoms with E-state index in [-0.39, 0.29) is 32.2 Å². The highest BCUT2D eigenvalue weighted by Gasteiger charge is 2.70. The third kappa shape index (κ3) is 4.08. The van der Waals surface area contributed by atoms with Crippen molar-refractivity contribution in [1.29, 1.82) is 0 Å². The van der Waals surface area contributed by atoms with Gasteiger partial charge in [0.25, 0.3) is 10.2 Å². The molecule has 0 spiro atoms. The summed E-state index contributed by atoms with van der Waals surface area (Å²) in [5, 5.41) is 12.7. The zero-order valence-electron chi connectivity index (χ0n) is 17.6. The minimum Gasteiger partial charge on any atom is -0.480 e. The largest absolute Gasteiger partial charge is 0.480 e. The molecule has 2 aliphatic rings. The summed E-state index contributed by atoms with van der Waals surface area (Å²) in [5.41, 5.74) is -0.137. The minimum atomic E-state index is -4.06. The first-order valence-electron chi connectivity index (χ1n) is 10.4. The van der Waals surface area contributed by atoms with Crippen LogP contribution in [0.3, 0.4) is 0 Å². The van der Waals surface area contributed by atoms with Gasteiger partial charge in [-0.25, -0.2) is 4.79 Å². The van der Waals surface area contributed by atoms with E-state index in [1.807, 2.05) is 36.4 Å². The summed E-state index contributed by atoms with van der Waals surface area (Å²) in [5.74, 6) is -2.03. The smallest absolute Gasteiger partial charge is 0.325 e. The summed E-state index contributed by atoms with van der Waals surface area (Å²) < 4.78 is 29.8. The molecule has 0 unspecified atom stereocenters. The summed E-state index contributed by atoms with van der Waals surface area (Å²) >= 11 is 0. The van der Waals surface area contributed by atoms with Gasteiger partial charge >= 0.3 is 12.0 Å². The predicted molar refractivity (Wildman–Crippen MR) is 119 cm³/mol. The van der Waals surface area contributed by atoms with Crippen LogP contribution in [0, 0.1) is 5.92 Å². The van der Waals surface area contributed by atoms with Crippen molar-refractivity contribution in [2.75, 3.05) is 31.5 Å². The number of para-hydroxylation sites is 1. The van der Waals surface area contributed by atoms with Gasteiger partial charge in [-0.3, -0.25) is 4.79 Å². The van der Waals surface area contributed by atoms with Gasteiger partial charge in [0.05, 0.1) is 0 Å². The maximum absolute atomic E-state index is 13.1. The topological polar surface area (TPSA) is 119 Å². The van der Waals surface area contributed by atoms with Crippen LogP contribution in [-0.2, 0) is 15.0 Å². The van der Waals surface area contributed by atoms with Crippen LogP contribution in [0.25, 0.3) is 0 Å². The van der Waals surface area contributed by atoms with Crippen LogP contribution in [0.5, 0.6) is 0 Å². The molecule has 4 rings (SSSR count). The maximum Gasteiger partial charge on any atom is 0.325 e. The van der Waals surface area contributed by atoms with Crippen molar-refractivity contribution in [1.82, 2.24) is 13.9 Å². The fourth-order valence-electron chi connectivity index (χ4n) is 4.43. The number of carbonyl (C=O) groups excluding carboxylic acids is 1. The number of anilines is 1. The first kappa shape index (κ1) is 22.3. The van der Waals surface area contributed by atoms with E-state index in [1.54, 1.807) is 36.1 Å². The highest BCUT2D eigenvalue weighted by molar-refractivity contribution is 7.87. The highest BCUT2D eigenvalue weighted by atomic mass is 32.2. The van der Waals surface area contributed by atoms with Crippen molar-refractivity contribution >= 4 is 27.9 Å². The van der Waals surface area contributed by atoms with Crippen molar-refractivity contribution in [3.63, 3.8) is 0 Å². The van der Waals surface area contributed by atoms with E-state index in [0.29, 0.717) is 5.69 Å². The van der Waals surface area contributed by atoms with Gasteiger partial charge in [0, 0.05) is 37.8 Å². The fraction of sp³-hybridized carbons (Fsp3) is 0.364. The van der Waals surface area contributed by atoms with Gasteiger partial charge in [0.15, 0.2) is 0 Å². The molecule has 0 aromatic heterocycles. The zero-order valence-corrected chi connectivity index (χ0v) is 18.5. The van der Waals surface area contributed by atoms with E-state index < -0.39 is 33.6 Å². The third-order valence-corrected chi connectivity index (χ3v) is 7.94. The number of carboxylic acid groups (broad SMARTS) is 1. The summed E-state index contributed by atoms with van der Waals surface area (Å²) in [6.45, 7) is 2.31. The van der Waals surface area contributed by atoms with Crippen LogP contribution < -0.4 is 10.0 Å². The number of hydrogen-bond donors (Lipinski definition) is 3. The molecule has 0 radical (unpaired) electrons. The average Bonchev–Trinajstić information content (AvgIpc) is 3.38. The molecule has 1 saturated carbocycles. The molecule has 9 nitrogen and oxygen atoms in total. The number of piperazine rings is 1. The summed E-state index contributed by atoms with van der Waals surface area (Å²) in [4.78, 5) is 26.1. The van der Waals surface area contributed by atoms with Crippen molar-refractivity contribution in [3.8, 4) is 0 Å². The average molecular weight is 459 g/mol. The lowest BCUT2D eigenvalue weighted by molar-refractivity contribution is -0.140. The Balaban J connectivity index is 1.41. The Labute approximate surface area is 187 Å². The third-order valence-electron chi connectivity index (χ3n) is 6.30. The normalized spacial score (nSPS) is 25.8. The lowest BCUT2D eigenvalue weighted by Gasteiger charge is -2.34. The molecule has 2 aromatic carbocycles. The van der Waals surface area contributed by atoms with Crippen LogP contribution >= 0.6 is 0 Å². The Bertz CT molecular complexity index is 1090. The summed E-state index contributed by atoms with van der Waals surface area (Å²) in [6.07, 6.45) is 0. The van der Waals surface area contributed by atoms with Crippen LogP contribution in [0.2, 0.25) is 0 Å². The summed E-state index contributed by atoms with van der Waals surface area (Å²) in [6, 6.07) is 17.8. The standard InChI is InChI=1S/C22H26N4O5S/c1-16-19(17-8-4-2-5-9-17)22(16,20(27)28)24-32(30,31)26-14-12-25(13-15-26)21(29)23-18-10-6-3-7-11-18/h2-11,16,19,24H,12-15H2,1H3,(H,23,29)(H,27,28)/t16-,19-,22+/m1/s1. The number of aliphatic carboxylic acids is 1. The van der Waals surface area contributed by atoms with Crippen molar-refractivity contribution in [2.24, 2.45) is 5.92 Å². The summed E-state index contributed by atoms with van der Waals surface area (Å²) in [7, 11) is -4.06. The SMILES string of the molecule is C[C@@H]1[C@H](c2ccccc2)[C@]1(NS(=O)(=O)N1CCN(C(=O)Nc2ccccc2)CC1)C(=O)O. The van der Waals surface area contributed by atoms with E-state index >= 15 is 0 Å². The number of amides is 2. The molecule has 2 aromatic rings. The monoisotopic (exact) mass is 458 g/mol. The minimum absolute atomic E-state index is 0.0810. The second kappa shape index (κ2) is 8.53. The number of carbonyl (C=O) groups is 2. The van der Waals surface area contributed by atoms with Gasteiger partial charge in [0.1, 0.15) is 5.54 Å². The lowest BCUT2D eigenvalue weighted by atomic mass is 10.1. The molecule has 0 bridgehead atoms. The van der Waals surface area contributed by atoms with Crippen LogP contribution in [0.4, 0.5) is 10.5 Å². The highest BCUT2D eigenvalue weighted by Crippen LogP contribution is 2.57. The Morgan fingerprint density at radius 2 is 1.53 bits per heavy atom. The van der Waals surface area contributed by atoms with Crippen molar-refractivity contribution in [2.45, 2.75) is 18.4 Å². The molecule has 2 fully saturated rings. The molecule has 1 saturated heterocycles. The Hall–Kier alpha value is -2.95. The van der Waals surface area contributed by atoms with E-state index in [9.17, 15) is 23.1 Å². The molecule has 1 aliphatic heterocycles. The van der Waals surface area contributed by atoms with Crippen LogP contribution in [0.1, 0.15) is 18.4 Å². The van der Waals surface area contributed by atoms with Crippen LogP contribution in [-0.4, -0.2) is 66.4 Å². The van der Waals surface area contributed by atoms with Gasteiger partial charge in [0.2, 0.25) is 0 Å². The van der Waals surface area contributed by atoms with E-state index in [1.165, 1.54) is 4.31 Å². The molecule has 2 amide bonds.